The quantitative estimate of drug-likeness (QED) is 0.0316. The summed E-state index contributed by atoms with van der Waals surface area (Å²) in [5, 5.41) is 0. The van der Waals surface area contributed by atoms with Gasteiger partial charge in [0.25, 0.3) is 0 Å². The van der Waals surface area contributed by atoms with Crippen molar-refractivity contribution in [3.05, 3.63) is 202 Å². The predicted octanol–water partition coefficient (Wildman–Crippen LogP) is 12.4. The van der Waals surface area contributed by atoms with Crippen LogP contribution < -0.4 is 18.9 Å². The Kier molecular flexibility index (Phi) is 18.8. The molecule has 89 heavy (non-hydrogen) atoms. The number of pyridine rings is 4. The second-order valence-electron chi connectivity index (χ2n) is 19.7. The molecule has 0 amide bonds. The molecule has 0 saturated heterocycles. The molecule has 0 N–H and O–H groups in total. The van der Waals surface area contributed by atoms with Gasteiger partial charge in [-0.2, -0.15) is 26.3 Å². The molecule has 10 aromatic rings. The van der Waals surface area contributed by atoms with Crippen molar-refractivity contribution in [3.63, 3.8) is 0 Å². The minimum absolute atomic E-state index is 0.0404. The highest BCUT2D eigenvalue weighted by Crippen LogP contribution is 2.32. The third-order valence-electron chi connectivity index (χ3n) is 13.5. The smallest absolute Gasteiger partial charge is 0.422 e. The molecule has 10 rings (SSSR count). The number of ether oxygens (including phenoxy) is 7. The van der Waals surface area contributed by atoms with Crippen molar-refractivity contribution >= 4 is 34.0 Å². The Bertz CT molecular complexity index is 3940. The summed E-state index contributed by atoms with van der Waals surface area (Å²) in [4.78, 5) is 53.1. The number of aromatic nitrogens is 8. The van der Waals surface area contributed by atoms with Crippen molar-refractivity contribution in [1.82, 2.24) is 39.0 Å². The largest absolute Gasteiger partial charge is 0.473 e. The molecular weight excluding hydrogens is 1190 g/mol. The third-order valence-corrected chi connectivity index (χ3v) is 13.5. The number of benzene rings is 4. The fourth-order valence-corrected chi connectivity index (χ4v) is 9.20. The van der Waals surface area contributed by atoms with Crippen LogP contribution in [0.2, 0.25) is 0 Å². The van der Waals surface area contributed by atoms with E-state index in [9.17, 15) is 35.9 Å². The van der Waals surface area contributed by atoms with Gasteiger partial charge in [-0.25, -0.2) is 57.1 Å². The number of carbonyl (C=O) groups excluding carboxylic acids is 2. The Hall–Kier alpha value is -10.0. The van der Waals surface area contributed by atoms with E-state index in [4.69, 9.17) is 23.7 Å². The van der Waals surface area contributed by atoms with Crippen molar-refractivity contribution in [1.29, 1.82) is 0 Å². The highest BCUT2D eigenvalue weighted by Gasteiger charge is 2.30. The van der Waals surface area contributed by atoms with E-state index in [2.05, 4.69) is 39.4 Å². The second-order valence-corrected chi connectivity index (χ2v) is 19.7. The molecule has 27 heteroatoms. The molecule has 0 spiro atoms. The van der Waals surface area contributed by atoms with Crippen LogP contribution >= 0.6 is 0 Å². The van der Waals surface area contributed by atoms with E-state index < -0.39 is 60.8 Å². The lowest BCUT2D eigenvalue weighted by atomic mass is 10.0. The van der Waals surface area contributed by atoms with Crippen LogP contribution in [0.25, 0.3) is 44.6 Å². The molecule has 4 aromatic carbocycles. The highest BCUT2D eigenvalue weighted by atomic mass is 19.4. The van der Waals surface area contributed by atoms with E-state index in [0.717, 1.165) is 24.3 Å². The van der Waals surface area contributed by atoms with Crippen LogP contribution in [0, 0.1) is 23.3 Å². The van der Waals surface area contributed by atoms with Crippen LogP contribution in [0.1, 0.15) is 54.6 Å². The molecule has 460 valence electrons. The number of imidazole rings is 2. The number of nitrogens with zero attached hydrogens (tertiary/aromatic N) is 8. The van der Waals surface area contributed by atoms with Gasteiger partial charge in [0.1, 0.15) is 48.1 Å². The Morgan fingerprint density at radius 3 is 1.28 bits per heavy atom. The van der Waals surface area contributed by atoms with E-state index in [0.29, 0.717) is 33.2 Å². The molecule has 0 saturated carbocycles. The van der Waals surface area contributed by atoms with Gasteiger partial charge >= 0.3 is 24.3 Å². The highest BCUT2D eigenvalue weighted by molar-refractivity contribution is 6.05. The SMILES string of the molecule is COCCn1c(Cc2cc(F)c(-c3cccc(OCc4ccc(OCC(F)(F)F)nc4)n3)cc2F)nc2ccc(C(=O)OC(=O)c3ccc4nc(Cc5cc(F)c(-c6cccc(OCc7ccc(OCC(F)(F)F)nc7)n6)cc5F)n(CCOC)c4c3)cc21. The number of rotatable bonds is 24. The number of esters is 2. The number of carbonyl (C=O) groups is 2. The molecule has 0 fully saturated rings. The molecule has 0 aliphatic rings. The molecule has 0 aliphatic heterocycles. The second kappa shape index (κ2) is 26.9. The molecule has 0 bridgehead atoms. The summed E-state index contributed by atoms with van der Waals surface area (Å²) >= 11 is 0. The Morgan fingerprint density at radius 2 is 0.899 bits per heavy atom. The number of methoxy groups -OCH3 is 2. The molecular formula is C62H48F10N8O9. The van der Waals surface area contributed by atoms with Gasteiger partial charge in [0.2, 0.25) is 23.5 Å². The molecule has 0 unspecified atom stereocenters. The number of fused-ring (bicyclic) bond motifs is 2. The average molecular weight is 1240 g/mol. The van der Waals surface area contributed by atoms with Crippen LogP contribution in [0.4, 0.5) is 43.9 Å². The number of halogens is 10. The van der Waals surface area contributed by atoms with E-state index in [-0.39, 0.29) is 132 Å². The first-order valence-corrected chi connectivity index (χ1v) is 26.9. The van der Waals surface area contributed by atoms with Gasteiger partial charge in [-0.05, 0) is 96.1 Å². The summed E-state index contributed by atoms with van der Waals surface area (Å²) in [5.41, 5.74) is 1.96. The first kappa shape index (κ1) is 62.0. The van der Waals surface area contributed by atoms with Crippen molar-refractivity contribution < 1.29 is 86.7 Å². The van der Waals surface area contributed by atoms with Crippen molar-refractivity contribution in [2.75, 3.05) is 40.6 Å². The van der Waals surface area contributed by atoms with Crippen molar-refractivity contribution in [2.24, 2.45) is 0 Å². The zero-order valence-corrected chi connectivity index (χ0v) is 46.8. The van der Waals surface area contributed by atoms with Crippen LogP contribution in [0.15, 0.2) is 134 Å². The van der Waals surface area contributed by atoms with Gasteiger partial charge < -0.3 is 42.3 Å². The van der Waals surface area contributed by atoms with Gasteiger partial charge in [0.15, 0.2) is 13.2 Å². The van der Waals surface area contributed by atoms with Gasteiger partial charge in [0.05, 0.1) is 57.8 Å². The number of hydrogen-bond acceptors (Lipinski definition) is 15. The van der Waals surface area contributed by atoms with E-state index in [1.807, 2.05) is 0 Å². The Balaban J connectivity index is 0.805. The Morgan fingerprint density at radius 1 is 0.472 bits per heavy atom. The van der Waals surface area contributed by atoms with Crippen LogP contribution in [-0.4, -0.2) is 104 Å². The summed E-state index contributed by atoms with van der Waals surface area (Å²) in [7, 11) is 2.93. The summed E-state index contributed by atoms with van der Waals surface area (Å²) < 4.78 is 179. The van der Waals surface area contributed by atoms with Crippen LogP contribution in [0.3, 0.4) is 0 Å². The van der Waals surface area contributed by atoms with Gasteiger partial charge in [-0.3, -0.25) is 0 Å². The summed E-state index contributed by atoms with van der Waals surface area (Å²) in [6, 6.07) is 27.0. The predicted molar refractivity (Wildman–Crippen MR) is 298 cm³/mol. The maximum absolute atomic E-state index is 16.0. The number of alkyl halides is 6. The summed E-state index contributed by atoms with van der Waals surface area (Å²) in [6.45, 7) is -2.59. The molecule has 6 heterocycles. The first-order valence-electron chi connectivity index (χ1n) is 26.9. The zero-order chi connectivity index (χ0) is 63.0. The molecule has 0 aliphatic carbocycles. The van der Waals surface area contributed by atoms with Crippen LogP contribution in [0.5, 0.6) is 23.5 Å². The lowest BCUT2D eigenvalue weighted by molar-refractivity contribution is -0.154. The fraction of sp³-hybridized carbons (Fsp3) is 0.226. The molecule has 0 radical (unpaired) electrons. The lowest BCUT2D eigenvalue weighted by Crippen LogP contribution is -2.19. The number of hydrogen-bond donors (Lipinski definition) is 0. The molecule has 0 atom stereocenters. The van der Waals surface area contributed by atoms with E-state index in [1.165, 1.54) is 124 Å². The van der Waals surface area contributed by atoms with Gasteiger partial charge in [-0.15, -0.1) is 0 Å². The minimum atomic E-state index is -4.53. The topological polar surface area (TPSA) is 186 Å². The van der Waals surface area contributed by atoms with E-state index in [1.54, 1.807) is 9.13 Å². The molecule has 17 nitrogen and oxygen atoms in total. The lowest BCUT2D eigenvalue weighted by Gasteiger charge is -2.12. The maximum atomic E-state index is 16.0. The van der Waals surface area contributed by atoms with Gasteiger partial charge in [0, 0.05) is 99.1 Å². The average Bonchev–Trinajstić information content (AvgIpc) is 1.84. The Labute approximate surface area is 498 Å². The fourth-order valence-electron chi connectivity index (χ4n) is 9.20. The monoisotopic (exact) mass is 1240 g/mol. The summed E-state index contributed by atoms with van der Waals surface area (Å²) in [5.74, 6) is -5.09. The van der Waals surface area contributed by atoms with Crippen molar-refractivity contribution in [2.45, 2.75) is 51.5 Å². The van der Waals surface area contributed by atoms with Crippen LogP contribution in [-0.2, 0) is 53.4 Å². The van der Waals surface area contributed by atoms with E-state index >= 15 is 17.6 Å². The molecule has 6 aromatic heterocycles. The minimum Gasteiger partial charge on any atom is -0.473 e. The van der Waals surface area contributed by atoms with Gasteiger partial charge in [-0.1, -0.05) is 12.1 Å². The zero-order valence-electron chi connectivity index (χ0n) is 46.8. The van der Waals surface area contributed by atoms with Crippen molar-refractivity contribution in [3.8, 4) is 46.0 Å². The first-order chi connectivity index (χ1) is 42.7. The normalized spacial score (nSPS) is 11.8. The summed E-state index contributed by atoms with van der Waals surface area (Å²) in [6.07, 6.45) is -6.96. The third kappa shape index (κ3) is 15.6. The maximum Gasteiger partial charge on any atom is 0.422 e. The standard InChI is InChI=1S/C62H48F10N8O9/c1-83-19-17-79-51-23-37(11-13-49(51)75-53(79)25-39-21-45(65)41(27-43(39)63)47-5-3-7-57(77-47)85-31-35-9-15-55(73-29-35)87-33-61(67,68)69)59(81)89-60(82)38-12-14-50-52(24-38)80(18-20-84-2)54(76-50)26-40-22-46(66)42(28-44(40)64)48-6-4-8-58(78-48)86-32-36-10-16-56(74-30-36)88-34-62(70,71)72/h3-16,21-24,27-30H,17-20,25-26,31-34H2,1-2H3.